The molecule has 0 saturated carbocycles. The summed E-state index contributed by atoms with van der Waals surface area (Å²) in [5, 5.41) is 8.83. The van der Waals surface area contributed by atoms with Crippen molar-refractivity contribution in [3.8, 4) is 81.6 Å². The van der Waals surface area contributed by atoms with Gasteiger partial charge >= 0.3 is 24.8 Å². The molecule has 0 bridgehead atoms. The van der Waals surface area contributed by atoms with Crippen LogP contribution in [0, 0.1) is 27.7 Å². The van der Waals surface area contributed by atoms with E-state index in [4.69, 9.17) is 54.7 Å². The van der Waals surface area contributed by atoms with Crippen molar-refractivity contribution in [2.45, 2.75) is 32.0 Å². The molecule has 0 amide bonds. The van der Waals surface area contributed by atoms with Gasteiger partial charge in [-0.3, -0.25) is 0 Å². The summed E-state index contributed by atoms with van der Waals surface area (Å²) in [6.45, 7) is 8.59. The predicted molar refractivity (Wildman–Crippen MR) is 279 cm³/mol. The third-order valence-corrected chi connectivity index (χ3v) is 18.1. The maximum atomic E-state index is 5.38. The molecule has 0 aromatic carbocycles. The molecule has 0 atom stereocenters. The molecule has 10 heterocycles. The standard InChI is InChI=1S/C42H28N4S8.CHCl3.BHNS/c1-21-13-33(47-17-21)25-5-9-29(51-25)37-39-40(46-41(43-37)31-11-7-27(53-31)35-15-23(3)19-49-35)38(30-10-6-26(52-30)34-14-22(2)18-48-34)44-42(45-39)32-12-8-28(54-32)36-16-24(4)20-50-36;2-1(3)4;1-2-3/h5-20H,1-4H3;1H;3H. The Balaban J connectivity index is 0.000000687. The zero-order valence-electron chi connectivity index (χ0n) is 32.5. The van der Waals surface area contributed by atoms with Crippen LogP contribution in [-0.4, -0.2) is 31.9 Å². The van der Waals surface area contributed by atoms with Gasteiger partial charge in [0.05, 0.1) is 19.5 Å². The normalized spacial score (nSPS) is 11.1. The number of aromatic nitrogens is 4. The van der Waals surface area contributed by atoms with Crippen LogP contribution in [-0.2, 0) is 0 Å². The summed E-state index contributed by atoms with van der Waals surface area (Å²) in [7, 11) is 4.34. The van der Waals surface area contributed by atoms with Crippen LogP contribution in [0.25, 0.3) is 92.6 Å². The van der Waals surface area contributed by atoms with Crippen LogP contribution in [0.3, 0.4) is 0 Å². The van der Waals surface area contributed by atoms with Crippen LogP contribution in [0.2, 0.25) is 0 Å². The molecule has 10 rings (SSSR count). The van der Waals surface area contributed by atoms with Gasteiger partial charge in [0.2, 0.25) is 0 Å². The summed E-state index contributed by atoms with van der Waals surface area (Å²) in [6, 6.07) is 26.5. The predicted octanol–water partition coefficient (Wildman–Crippen LogP) is 17.7. The minimum atomic E-state index is -0.750. The van der Waals surface area contributed by atoms with Crippen LogP contribution in [0.15, 0.2) is 98.6 Å². The van der Waals surface area contributed by atoms with E-state index in [-0.39, 0.29) is 0 Å². The van der Waals surface area contributed by atoms with Crippen molar-refractivity contribution in [1.82, 2.24) is 19.9 Å². The van der Waals surface area contributed by atoms with Gasteiger partial charge < -0.3 is 0 Å². The van der Waals surface area contributed by atoms with Gasteiger partial charge in [0.25, 0.3) is 0 Å². The number of thiophene rings is 8. The quantitative estimate of drug-likeness (QED) is 0.0936. The average Bonchev–Trinajstić information content (AvgIpc) is 4.08. The summed E-state index contributed by atoms with van der Waals surface area (Å²) < 4.78 is 1.94. The Morgan fingerprint density at radius 1 is 0.443 bits per heavy atom. The summed E-state index contributed by atoms with van der Waals surface area (Å²) in [5.41, 5.74) is 8.31. The molecular weight excluding hydrogens is 992 g/mol. The molecule has 0 aliphatic carbocycles. The average molecular weight is 1020 g/mol. The van der Waals surface area contributed by atoms with E-state index in [0.717, 1.165) is 41.9 Å². The van der Waals surface area contributed by atoms with E-state index in [0.29, 0.717) is 11.6 Å². The molecule has 0 unspecified atom stereocenters. The summed E-state index contributed by atoms with van der Waals surface area (Å²) in [5.74, 6) is 1.39. The second-order valence-electron chi connectivity index (χ2n) is 13.5. The van der Waals surface area contributed by atoms with Crippen LogP contribution in [0.4, 0.5) is 0 Å². The molecule has 0 N–H and O–H groups in total. The van der Waals surface area contributed by atoms with Crippen molar-refractivity contribution in [2.75, 3.05) is 0 Å². The summed E-state index contributed by atoms with van der Waals surface area (Å²) in [4.78, 5) is 35.6. The minimum absolute atomic E-state index is 0.693. The summed E-state index contributed by atoms with van der Waals surface area (Å²) in [6.07, 6.45) is 0. The molecule has 1 radical (unpaired) electrons. The van der Waals surface area contributed by atoms with Crippen LogP contribution >= 0.6 is 138 Å². The van der Waals surface area contributed by atoms with Crippen molar-refractivity contribution in [3.63, 3.8) is 0 Å². The molecule has 0 aliphatic rings. The summed E-state index contributed by atoms with van der Waals surface area (Å²) >= 11 is 31.7. The maximum absolute atomic E-state index is 5.38. The van der Waals surface area contributed by atoms with Gasteiger partial charge in [0, 0.05) is 39.0 Å². The molecule has 0 saturated heterocycles. The Morgan fingerprint density at radius 2 is 0.689 bits per heavy atom. The first-order valence-corrected chi connectivity index (χ1v) is 26.6. The first kappa shape index (κ1) is 44.7. The van der Waals surface area contributed by atoms with E-state index in [1.807, 2.05) is 0 Å². The molecular formula is C43H30BCl3N5S9. The van der Waals surface area contributed by atoms with Crippen LogP contribution < -0.4 is 0 Å². The first-order valence-electron chi connectivity index (χ1n) is 18.2. The van der Waals surface area contributed by atoms with Crippen molar-refractivity contribution in [2.24, 2.45) is 4.30 Å². The molecule has 18 heteroatoms. The van der Waals surface area contributed by atoms with Crippen molar-refractivity contribution >= 4 is 157 Å². The molecule has 0 fully saturated rings. The molecule has 10 aromatic heterocycles. The number of halogens is 3. The van der Waals surface area contributed by atoms with E-state index in [2.05, 4.69) is 147 Å². The number of fused-ring (bicyclic) bond motifs is 1. The topological polar surface area (TPSA) is 63.9 Å². The number of rotatable bonds is 8. The molecule has 10 aromatic rings. The fourth-order valence-electron chi connectivity index (χ4n) is 6.20. The second-order valence-corrected chi connectivity index (χ2v) is 23.7. The van der Waals surface area contributed by atoms with Crippen LogP contribution in [0.1, 0.15) is 22.3 Å². The van der Waals surface area contributed by atoms with Gasteiger partial charge in [-0.25, -0.2) is 19.9 Å². The Bertz CT molecular complexity index is 2900. The van der Waals surface area contributed by atoms with Gasteiger partial charge in [-0.05, 0) is 144 Å². The van der Waals surface area contributed by atoms with E-state index in [1.54, 1.807) is 90.7 Å². The Morgan fingerprint density at radius 3 is 0.951 bits per heavy atom. The fraction of sp³-hybridized carbons (Fsp3) is 0.116. The van der Waals surface area contributed by atoms with Gasteiger partial charge in [0.15, 0.2) is 15.9 Å². The number of alkyl halides is 3. The number of nitrogens with zero attached hydrogens (tertiary/aromatic N) is 5. The third-order valence-electron chi connectivity index (χ3n) is 8.77. The van der Waals surface area contributed by atoms with Crippen molar-refractivity contribution in [3.05, 3.63) is 117 Å². The molecule has 0 aliphatic heterocycles. The van der Waals surface area contributed by atoms with E-state index in [9.17, 15) is 0 Å². The molecule has 5 nitrogen and oxygen atoms in total. The molecule has 305 valence electrons. The Kier molecular flexibility index (Phi) is 14.6. The monoisotopic (exact) mass is 1020 g/mol. The third kappa shape index (κ3) is 10.4. The zero-order valence-corrected chi connectivity index (χ0v) is 42.2. The second kappa shape index (κ2) is 19.9. The Hall–Kier alpha value is -2.90. The number of thiol groups is 1. The molecule has 0 spiro atoms. The van der Waals surface area contributed by atoms with Crippen molar-refractivity contribution in [1.29, 1.82) is 0 Å². The zero-order chi connectivity index (χ0) is 42.8. The van der Waals surface area contributed by atoms with E-state index < -0.39 is 4.30 Å². The number of aryl methyl sites for hydroxylation is 4. The Labute approximate surface area is 407 Å². The number of hydrogen-bond donors (Lipinski definition) is 1. The van der Waals surface area contributed by atoms with Gasteiger partial charge in [0.1, 0.15) is 22.4 Å². The van der Waals surface area contributed by atoms with Gasteiger partial charge in [-0.15, -0.1) is 90.7 Å². The fourth-order valence-corrected chi connectivity index (χ4v) is 14.1. The van der Waals surface area contributed by atoms with E-state index >= 15 is 0 Å². The van der Waals surface area contributed by atoms with Gasteiger partial charge in [-0.2, -0.15) is 0 Å². The van der Waals surface area contributed by atoms with E-state index in [1.165, 1.54) is 61.3 Å². The van der Waals surface area contributed by atoms with Gasteiger partial charge in [-0.1, -0.05) is 34.8 Å². The number of hydrogen-bond acceptors (Lipinski definition) is 14. The van der Waals surface area contributed by atoms with Crippen molar-refractivity contribution < 1.29 is 0 Å². The van der Waals surface area contributed by atoms with Crippen LogP contribution in [0.5, 0.6) is 0 Å². The molecule has 61 heavy (non-hydrogen) atoms. The first-order chi connectivity index (χ1) is 29.5. The SMILES string of the molecule is Cc1csc(-c2ccc(-c3nc(-c4ccc(-c5cc(C)cs5)s4)c4nc(-c5ccc(-c6cc(C)cs6)s5)nc(-c5ccc(-c6cc(C)cs6)s5)c4n3)s2)c1.ClC(Cl)Cl.[B]=NS.